The Morgan fingerprint density at radius 2 is 1.78 bits per heavy atom. The number of carbonyl (C=O) groups is 2. The highest BCUT2D eigenvalue weighted by atomic mass is 19.1. The molecule has 2 fully saturated rings. The summed E-state index contributed by atoms with van der Waals surface area (Å²) < 4.78 is 13.1. The summed E-state index contributed by atoms with van der Waals surface area (Å²) >= 11 is 0. The SMILES string of the molecule is Cc1nc(C2CCCCN2C(=O)CN2CCCCC2)ncc1C(=O)Nc1ccc(F)cc1. The van der Waals surface area contributed by atoms with Crippen LogP contribution in [-0.2, 0) is 4.79 Å². The summed E-state index contributed by atoms with van der Waals surface area (Å²) in [6, 6.07) is 5.44. The van der Waals surface area contributed by atoms with E-state index >= 15 is 0 Å². The van der Waals surface area contributed by atoms with Gasteiger partial charge < -0.3 is 10.2 Å². The number of likely N-dealkylation sites (tertiary alicyclic amines) is 2. The normalized spacial score (nSPS) is 19.6. The maximum absolute atomic E-state index is 13.1. The summed E-state index contributed by atoms with van der Waals surface area (Å²) in [5, 5.41) is 2.74. The van der Waals surface area contributed by atoms with Crippen LogP contribution >= 0.6 is 0 Å². The topological polar surface area (TPSA) is 78.4 Å². The number of aryl methyl sites for hydroxylation is 1. The van der Waals surface area contributed by atoms with E-state index in [1.807, 2.05) is 4.90 Å². The lowest BCUT2D eigenvalue weighted by Gasteiger charge is -2.37. The Hall–Kier alpha value is -2.87. The van der Waals surface area contributed by atoms with Crippen molar-refractivity contribution in [3.63, 3.8) is 0 Å². The molecule has 1 aromatic carbocycles. The minimum Gasteiger partial charge on any atom is -0.331 e. The first-order valence-corrected chi connectivity index (χ1v) is 11.4. The van der Waals surface area contributed by atoms with E-state index in [4.69, 9.17) is 0 Å². The van der Waals surface area contributed by atoms with Crippen LogP contribution < -0.4 is 5.32 Å². The van der Waals surface area contributed by atoms with Crippen molar-refractivity contribution in [2.75, 3.05) is 31.5 Å². The lowest BCUT2D eigenvalue weighted by atomic mass is 10.0. The molecule has 2 aromatic rings. The highest BCUT2D eigenvalue weighted by Gasteiger charge is 2.31. The molecule has 2 aliphatic rings. The molecule has 1 unspecified atom stereocenters. The fourth-order valence-corrected chi connectivity index (χ4v) is 4.50. The first-order valence-electron chi connectivity index (χ1n) is 11.4. The molecule has 0 bridgehead atoms. The van der Waals surface area contributed by atoms with Gasteiger partial charge in [0.2, 0.25) is 5.91 Å². The van der Waals surface area contributed by atoms with Crippen LogP contribution in [0.5, 0.6) is 0 Å². The zero-order chi connectivity index (χ0) is 22.5. The third-order valence-corrected chi connectivity index (χ3v) is 6.27. The van der Waals surface area contributed by atoms with Crippen molar-refractivity contribution in [2.24, 2.45) is 0 Å². The smallest absolute Gasteiger partial charge is 0.259 e. The molecule has 3 heterocycles. The molecular formula is C24H30FN5O2. The fraction of sp³-hybridized carbons (Fsp3) is 0.500. The molecule has 2 saturated heterocycles. The van der Waals surface area contributed by atoms with Gasteiger partial charge in [0.15, 0.2) is 5.82 Å². The molecule has 170 valence electrons. The Morgan fingerprint density at radius 1 is 1.06 bits per heavy atom. The van der Waals surface area contributed by atoms with Gasteiger partial charge in [0.1, 0.15) is 5.82 Å². The quantitative estimate of drug-likeness (QED) is 0.768. The van der Waals surface area contributed by atoms with E-state index in [0.29, 0.717) is 35.9 Å². The van der Waals surface area contributed by atoms with Gasteiger partial charge in [-0.05, 0) is 76.4 Å². The lowest BCUT2D eigenvalue weighted by molar-refractivity contribution is -0.136. The van der Waals surface area contributed by atoms with Crippen LogP contribution in [-0.4, -0.2) is 57.8 Å². The van der Waals surface area contributed by atoms with Gasteiger partial charge in [-0.1, -0.05) is 6.42 Å². The van der Waals surface area contributed by atoms with E-state index in [9.17, 15) is 14.0 Å². The number of aromatic nitrogens is 2. The van der Waals surface area contributed by atoms with Crippen LogP contribution in [0, 0.1) is 12.7 Å². The minimum absolute atomic E-state index is 0.135. The number of hydrogen-bond acceptors (Lipinski definition) is 5. The molecule has 4 rings (SSSR count). The number of halogens is 1. The summed E-state index contributed by atoms with van der Waals surface area (Å²) in [5.74, 6) is 0.0181. The monoisotopic (exact) mass is 439 g/mol. The van der Waals surface area contributed by atoms with E-state index in [0.717, 1.165) is 45.2 Å². The molecule has 2 amide bonds. The molecule has 0 radical (unpaired) electrons. The van der Waals surface area contributed by atoms with E-state index in [2.05, 4.69) is 20.2 Å². The Bertz CT molecular complexity index is 959. The van der Waals surface area contributed by atoms with Crippen molar-refractivity contribution < 1.29 is 14.0 Å². The van der Waals surface area contributed by atoms with Crippen LogP contribution in [0.3, 0.4) is 0 Å². The van der Waals surface area contributed by atoms with Gasteiger partial charge >= 0.3 is 0 Å². The number of anilines is 1. The Kier molecular flexibility index (Phi) is 7.09. The first-order chi connectivity index (χ1) is 15.5. The summed E-state index contributed by atoms with van der Waals surface area (Å²) in [6.07, 6.45) is 7.91. The molecule has 0 saturated carbocycles. The van der Waals surface area contributed by atoms with Crippen LogP contribution in [0.2, 0.25) is 0 Å². The molecule has 0 aliphatic carbocycles. The molecule has 8 heteroatoms. The Labute approximate surface area is 188 Å². The maximum Gasteiger partial charge on any atom is 0.259 e. The molecule has 1 aromatic heterocycles. The predicted molar refractivity (Wildman–Crippen MR) is 120 cm³/mol. The van der Waals surface area contributed by atoms with Crippen LogP contribution in [0.1, 0.15) is 66.4 Å². The average Bonchev–Trinajstić information content (AvgIpc) is 2.81. The molecule has 2 aliphatic heterocycles. The number of nitrogens with one attached hydrogen (secondary N) is 1. The second-order valence-electron chi connectivity index (χ2n) is 8.62. The summed E-state index contributed by atoms with van der Waals surface area (Å²) in [6.45, 7) is 4.91. The third-order valence-electron chi connectivity index (χ3n) is 6.27. The highest BCUT2D eigenvalue weighted by molar-refractivity contribution is 6.04. The molecular weight excluding hydrogens is 409 g/mol. The van der Waals surface area contributed by atoms with Crippen LogP contribution in [0.4, 0.5) is 10.1 Å². The van der Waals surface area contributed by atoms with Crippen molar-refractivity contribution in [3.8, 4) is 0 Å². The van der Waals surface area contributed by atoms with E-state index in [-0.39, 0.29) is 23.7 Å². The first kappa shape index (κ1) is 22.3. The average molecular weight is 440 g/mol. The van der Waals surface area contributed by atoms with Crippen LogP contribution in [0.15, 0.2) is 30.5 Å². The van der Waals surface area contributed by atoms with Gasteiger partial charge in [-0.15, -0.1) is 0 Å². The number of carbonyl (C=O) groups excluding carboxylic acids is 2. The van der Waals surface area contributed by atoms with Gasteiger partial charge in [-0.2, -0.15) is 0 Å². The number of rotatable bonds is 5. The number of hydrogen-bond donors (Lipinski definition) is 1. The maximum atomic E-state index is 13.1. The highest BCUT2D eigenvalue weighted by Crippen LogP contribution is 2.29. The summed E-state index contributed by atoms with van der Waals surface area (Å²) in [4.78, 5) is 39.0. The van der Waals surface area contributed by atoms with Gasteiger partial charge in [-0.3, -0.25) is 14.5 Å². The van der Waals surface area contributed by atoms with Crippen molar-refractivity contribution in [2.45, 2.75) is 51.5 Å². The molecule has 1 N–H and O–H groups in total. The fourth-order valence-electron chi connectivity index (χ4n) is 4.50. The predicted octanol–water partition coefficient (Wildman–Crippen LogP) is 3.72. The van der Waals surface area contributed by atoms with E-state index in [1.54, 1.807) is 6.92 Å². The van der Waals surface area contributed by atoms with Crippen molar-refractivity contribution in [3.05, 3.63) is 53.4 Å². The molecule has 0 spiro atoms. The second kappa shape index (κ2) is 10.2. The minimum atomic E-state index is -0.362. The number of nitrogens with zero attached hydrogens (tertiary/aromatic N) is 4. The zero-order valence-corrected chi connectivity index (χ0v) is 18.5. The molecule has 1 atom stereocenters. The van der Waals surface area contributed by atoms with E-state index < -0.39 is 0 Å². The second-order valence-corrected chi connectivity index (χ2v) is 8.62. The largest absolute Gasteiger partial charge is 0.331 e. The van der Waals surface area contributed by atoms with Crippen molar-refractivity contribution >= 4 is 17.5 Å². The zero-order valence-electron chi connectivity index (χ0n) is 18.5. The van der Waals surface area contributed by atoms with Crippen LogP contribution in [0.25, 0.3) is 0 Å². The van der Waals surface area contributed by atoms with Gasteiger partial charge in [0.25, 0.3) is 5.91 Å². The lowest BCUT2D eigenvalue weighted by Crippen LogP contribution is -2.46. The third kappa shape index (κ3) is 5.30. The Balaban J connectivity index is 1.46. The number of amides is 2. The molecule has 32 heavy (non-hydrogen) atoms. The summed E-state index contributed by atoms with van der Waals surface area (Å²) in [5.41, 5.74) is 1.42. The van der Waals surface area contributed by atoms with Gasteiger partial charge in [0.05, 0.1) is 23.8 Å². The van der Waals surface area contributed by atoms with Crippen molar-refractivity contribution in [1.29, 1.82) is 0 Å². The number of piperidine rings is 2. The Morgan fingerprint density at radius 3 is 2.50 bits per heavy atom. The number of benzene rings is 1. The standard InChI is InChI=1S/C24H30FN5O2/c1-17-20(24(32)28-19-10-8-18(25)9-11-19)15-26-23(27-17)21-7-3-6-14-30(21)22(31)16-29-12-4-2-5-13-29/h8-11,15,21H,2-7,12-14,16H2,1H3,(H,28,32). The van der Waals surface area contributed by atoms with E-state index in [1.165, 1.54) is 36.9 Å². The van der Waals surface area contributed by atoms with Gasteiger partial charge in [0, 0.05) is 18.4 Å². The summed E-state index contributed by atoms with van der Waals surface area (Å²) in [7, 11) is 0. The van der Waals surface area contributed by atoms with Crippen molar-refractivity contribution in [1.82, 2.24) is 19.8 Å². The van der Waals surface area contributed by atoms with Gasteiger partial charge in [-0.25, -0.2) is 14.4 Å². The molecule has 7 nitrogen and oxygen atoms in total.